The highest BCUT2D eigenvalue weighted by Crippen LogP contribution is 2.30. The van der Waals surface area contributed by atoms with Gasteiger partial charge in [0.15, 0.2) is 11.5 Å². The van der Waals surface area contributed by atoms with Gasteiger partial charge in [-0.25, -0.2) is 0 Å². The average molecular weight is 328 g/mol. The number of piperazine rings is 1. The van der Waals surface area contributed by atoms with Crippen LogP contribution in [0.2, 0.25) is 0 Å². The van der Waals surface area contributed by atoms with Crippen LogP contribution in [-0.4, -0.2) is 54.7 Å². The molecule has 0 bridgehead atoms. The van der Waals surface area contributed by atoms with Crippen LogP contribution in [0.4, 0.5) is 0 Å². The van der Waals surface area contributed by atoms with E-state index in [1.165, 1.54) is 38.0 Å². The van der Waals surface area contributed by atoms with Crippen molar-refractivity contribution in [2.24, 2.45) is 0 Å². The number of nitrogens with zero attached hydrogens (tertiary/aromatic N) is 2. The lowest BCUT2D eigenvalue weighted by Crippen LogP contribution is -2.54. The molecule has 4 heteroatoms. The molecule has 0 aliphatic carbocycles. The summed E-state index contributed by atoms with van der Waals surface area (Å²) in [7, 11) is 0. The van der Waals surface area contributed by atoms with Crippen LogP contribution in [0.15, 0.2) is 18.2 Å². The first-order chi connectivity index (χ1) is 11.7. The van der Waals surface area contributed by atoms with Gasteiger partial charge in [0.1, 0.15) is 6.61 Å². The fourth-order valence-electron chi connectivity index (χ4n) is 3.86. The molecular weight excluding hydrogens is 300 g/mol. The van der Waals surface area contributed by atoms with Gasteiger partial charge in [-0.05, 0) is 50.9 Å². The monoisotopic (exact) mass is 328 g/mol. The molecule has 0 amide bonds. The molecule has 1 aromatic carbocycles. The Bertz CT molecular complexity index is 596. The van der Waals surface area contributed by atoms with Gasteiger partial charge in [0.2, 0.25) is 0 Å². The first-order valence-corrected chi connectivity index (χ1v) is 9.01. The largest absolute Gasteiger partial charge is 0.490 e. The summed E-state index contributed by atoms with van der Waals surface area (Å²) in [5, 5.41) is 0. The van der Waals surface area contributed by atoms with Crippen molar-refractivity contribution in [2.75, 3.05) is 32.8 Å². The van der Waals surface area contributed by atoms with E-state index in [4.69, 9.17) is 15.9 Å². The summed E-state index contributed by atoms with van der Waals surface area (Å²) in [4.78, 5) is 5.25. The molecule has 2 saturated heterocycles. The molecule has 4 nitrogen and oxygen atoms in total. The lowest BCUT2D eigenvalue weighted by atomic mass is 10.1. The molecular formula is C20H28N2O2. The first kappa shape index (κ1) is 17.1. The fourth-order valence-corrected chi connectivity index (χ4v) is 3.86. The lowest BCUT2D eigenvalue weighted by Gasteiger charge is -2.42. The molecule has 0 N–H and O–H groups in total. The summed E-state index contributed by atoms with van der Waals surface area (Å²) in [5.74, 6) is 4.02. The molecule has 24 heavy (non-hydrogen) atoms. The molecule has 1 unspecified atom stereocenters. The third kappa shape index (κ3) is 3.85. The highest BCUT2D eigenvalue weighted by atomic mass is 16.5. The molecule has 0 aromatic heterocycles. The Labute approximate surface area is 145 Å². The van der Waals surface area contributed by atoms with E-state index in [9.17, 15) is 0 Å². The van der Waals surface area contributed by atoms with E-state index in [0.29, 0.717) is 12.6 Å². The Hall–Kier alpha value is -1.70. The van der Waals surface area contributed by atoms with Gasteiger partial charge >= 0.3 is 0 Å². The molecule has 0 saturated carbocycles. The minimum Gasteiger partial charge on any atom is -0.490 e. The van der Waals surface area contributed by atoms with E-state index in [1.807, 2.05) is 13.0 Å². The molecule has 2 heterocycles. The van der Waals surface area contributed by atoms with Crippen LogP contribution in [0.5, 0.6) is 11.5 Å². The van der Waals surface area contributed by atoms with E-state index in [0.717, 1.165) is 24.1 Å². The average Bonchev–Trinajstić information content (AvgIpc) is 3.02. The van der Waals surface area contributed by atoms with Gasteiger partial charge in [0, 0.05) is 31.7 Å². The van der Waals surface area contributed by atoms with Crippen molar-refractivity contribution in [1.29, 1.82) is 0 Å². The van der Waals surface area contributed by atoms with E-state index < -0.39 is 0 Å². The molecule has 2 aliphatic heterocycles. The quantitative estimate of drug-likeness (QED) is 0.750. The highest BCUT2D eigenvalue weighted by molar-refractivity contribution is 5.43. The summed E-state index contributed by atoms with van der Waals surface area (Å²) in [5.41, 5.74) is 1.27. The second kappa shape index (κ2) is 7.92. The second-order valence-electron chi connectivity index (χ2n) is 6.78. The normalized spacial score (nSPS) is 24.4. The second-order valence-corrected chi connectivity index (χ2v) is 6.78. The molecule has 1 aromatic rings. The van der Waals surface area contributed by atoms with Crippen molar-refractivity contribution in [1.82, 2.24) is 9.80 Å². The van der Waals surface area contributed by atoms with Crippen LogP contribution in [-0.2, 0) is 6.54 Å². The number of benzene rings is 1. The van der Waals surface area contributed by atoms with Crippen molar-refractivity contribution in [3.8, 4) is 23.8 Å². The zero-order valence-corrected chi connectivity index (χ0v) is 14.8. The number of ether oxygens (including phenoxy) is 2. The summed E-state index contributed by atoms with van der Waals surface area (Å²) >= 11 is 0. The topological polar surface area (TPSA) is 24.9 Å². The van der Waals surface area contributed by atoms with E-state index in [2.05, 4.69) is 34.8 Å². The smallest absolute Gasteiger partial charge is 0.162 e. The standard InChI is InChI=1S/C20H28N2O2/c1-4-11-24-19-9-8-17(12-20(19)23-5-2)14-22-15-18-7-6-10-21(18)13-16(22)3/h1,8-9,12,16,18H,5-7,10-11,13-15H2,2-3H3/t16-,18?/m0/s1. The number of rotatable bonds is 6. The molecule has 3 rings (SSSR count). The van der Waals surface area contributed by atoms with Gasteiger partial charge in [-0.3, -0.25) is 9.80 Å². The third-order valence-electron chi connectivity index (χ3n) is 5.07. The Morgan fingerprint density at radius 1 is 1.25 bits per heavy atom. The van der Waals surface area contributed by atoms with Crippen LogP contribution in [0.25, 0.3) is 0 Å². The Morgan fingerprint density at radius 2 is 2.12 bits per heavy atom. The fraction of sp³-hybridized carbons (Fsp3) is 0.600. The molecule has 2 fully saturated rings. The molecule has 0 spiro atoms. The summed E-state index contributed by atoms with van der Waals surface area (Å²) in [6.07, 6.45) is 7.97. The van der Waals surface area contributed by atoms with Crippen LogP contribution >= 0.6 is 0 Å². The van der Waals surface area contributed by atoms with Crippen LogP contribution in [0, 0.1) is 12.3 Å². The molecule has 2 atom stereocenters. The van der Waals surface area contributed by atoms with Crippen molar-refractivity contribution in [3.63, 3.8) is 0 Å². The highest BCUT2D eigenvalue weighted by Gasteiger charge is 2.34. The van der Waals surface area contributed by atoms with Crippen LogP contribution in [0.1, 0.15) is 32.3 Å². The van der Waals surface area contributed by atoms with Gasteiger partial charge in [-0.15, -0.1) is 6.42 Å². The molecule has 130 valence electrons. The zero-order valence-electron chi connectivity index (χ0n) is 14.8. The SMILES string of the molecule is C#CCOc1ccc(CN2CC3CCCN3C[C@@H]2C)cc1OCC. The first-order valence-electron chi connectivity index (χ1n) is 9.01. The van der Waals surface area contributed by atoms with Crippen LogP contribution in [0.3, 0.4) is 0 Å². The Kier molecular flexibility index (Phi) is 5.65. The number of fused-ring (bicyclic) bond motifs is 1. The van der Waals surface area contributed by atoms with E-state index >= 15 is 0 Å². The predicted octanol–water partition coefficient (Wildman–Crippen LogP) is 2.77. The minimum atomic E-state index is 0.264. The van der Waals surface area contributed by atoms with Gasteiger partial charge in [0.25, 0.3) is 0 Å². The van der Waals surface area contributed by atoms with Gasteiger partial charge in [-0.1, -0.05) is 12.0 Å². The third-order valence-corrected chi connectivity index (χ3v) is 5.07. The number of hydrogen-bond donors (Lipinski definition) is 0. The van der Waals surface area contributed by atoms with Crippen molar-refractivity contribution in [2.45, 2.75) is 45.3 Å². The van der Waals surface area contributed by atoms with Crippen molar-refractivity contribution in [3.05, 3.63) is 23.8 Å². The maximum Gasteiger partial charge on any atom is 0.162 e. The molecule has 0 radical (unpaired) electrons. The van der Waals surface area contributed by atoms with Crippen LogP contribution < -0.4 is 9.47 Å². The lowest BCUT2D eigenvalue weighted by molar-refractivity contribution is 0.0540. The van der Waals surface area contributed by atoms with E-state index in [-0.39, 0.29) is 6.61 Å². The van der Waals surface area contributed by atoms with Gasteiger partial charge < -0.3 is 9.47 Å². The maximum absolute atomic E-state index is 5.74. The molecule has 2 aliphatic rings. The summed E-state index contributed by atoms with van der Waals surface area (Å²) in [6, 6.07) is 7.54. The van der Waals surface area contributed by atoms with Crippen molar-refractivity contribution < 1.29 is 9.47 Å². The Morgan fingerprint density at radius 3 is 2.92 bits per heavy atom. The minimum absolute atomic E-state index is 0.264. The van der Waals surface area contributed by atoms with Gasteiger partial charge in [0.05, 0.1) is 6.61 Å². The number of terminal acetylenes is 1. The van der Waals surface area contributed by atoms with Crippen molar-refractivity contribution >= 4 is 0 Å². The number of hydrogen-bond acceptors (Lipinski definition) is 4. The maximum atomic E-state index is 5.74. The summed E-state index contributed by atoms with van der Waals surface area (Å²) in [6.45, 7) is 9.79. The summed E-state index contributed by atoms with van der Waals surface area (Å²) < 4.78 is 11.3. The van der Waals surface area contributed by atoms with E-state index in [1.54, 1.807) is 0 Å². The van der Waals surface area contributed by atoms with Gasteiger partial charge in [-0.2, -0.15) is 0 Å². The zero-order chi connectivity index (χ0) is 16.9. The predicted molar refractivity (Wildman–Crippen MR) is 96.4 cm³/mol. The Balaban J connectivity index is 1.70.